The molecule has 7 nitrogen and oxygen atoms in total. The van der Waals surface area contributed by atoms with Crippen LogP contribution in [0, 0.1) is 0 Å². The van der Waals surface area contributed by atoms with Gasteiger partial charge in [-0.25, -0.2) is 0 Å². The van der Waals surface area contributed by atoms with E-state index in [1.165, 1.54) is 23.6 Å². The minimum atomic E-state index is 0.177. The van der Waals surface area contributed by atoms with Crippen molar-refractivity contribution in [1.29, 1.82) is 0 Å². The van der Waals surface area contributed by atoms with Crippen molar-refractivity contribution >= 4 is 23.4 Å². The van der Waals surface area contributed by atoms with Crippen LogP contribution >= 0.6 is 11.8 Å². The molecule has 0 aromatic heterocycles. The molecule has 0 radical (unpaired) electrons. The number of aliphatic imine (C=N–C) groups is 1. The van der Waals surface area contributed by atoms with Crippen LogP contribution in [0.15, 0.2) is 29.3 Å². The summed E-state index contributed by atoms with van der Waals surface area (Å²) in [6.45, 7) is 9.56. The Morgan fingerprint density at radius 1 is 1.29 bits per heavy atom. The zero-order chi connectivity index (χ0) is 21.5. The van der Waals surface area contributed by atoms with Crippen LogP contribution in [-0.2, 0) is 4.74 Å². The van der Waals surface area contributed by atoms with E-state index in [1.807, 2.05) is 12.1 Å². The Morgan fingerprint density at radius 3 is 2.87 bits per heavy atom. The monoisotopic (exact) mass is 447 g/mol. The van der Waals surface area contributed by atoms with Crippen LogP contribution in [0.25, 0.3) is 0 Å². The summed E-state index contributed by atoms with van der Waals surface area (Å²) >= 11 is 2.06. The van der Waals surface area contributed by atoms with E-state index in [1.54, 1.807) is 7.11 Å². The van der Waals surface area contributed by atoms with Crippen molar-refractivity contribution in [2.75, 3.05) is 76.0 Å². The smallest absolute Gasteiger partial charge is 0.191 e. The average molecular weight is 448 g/mol. The van der Waals surface area contributed by atoms with Gasteiger partial charge in [0.25, 0.3) is 0 Å². The summed E-state index contributed by atoms with van der Waals surface area (Å²) in [6, 6.07) is 8.65. The molecule has 3 saturated heterocycles. The zero-order valence-corrected chi connectivity index (χ0v) is 19.8. The average Bonchev–Trinajstić information content (AvgIpc) is 3.49. The fourth-order valence-corrected chi connectivity index (χ4v) is 6.30. The number of ether oxygens (including phenoxy) is 2. The number of para-hydroxylation sites is 2. The fourth-order valence-electron chi connectivity index (χ4n) is 4.84. The third-order valence-electron chi connectivity index (χ3n) is 6.60. The number of hydrogen-bond donors (Lipinski definition) is 2. The lowest BCUT2D eigenvalue weighted by Gasteiger charge is -2.42. The third-order valence-corrected chi connectivity index (χ3v) is 7.83. The van der Waals surface area contributed by atoms with Crippen LogP contribution in [0.5, 0.6) is 5.75 Å². The number of hydrogen-bond acceptors (Lipinski definition) is 6. The molecule has 0 bridgehead atoms. The fraction of sp³-hybridized carbons (Fsp3) is 0.696. The Hall–Kier alpha value is -1.64. The normalized spacial score (nSPS) is 27.5. The van der Waals surface area contributed by atoms with Crippen molar-refractivity contribution in [2.24, 2.45) is 4.99 Å². The number of morpholine rings is 1. The first-order valence-electron chi connectivity index (χ1n) is 11.6. The van der Waals surface area contributed by atoms with E-state index in [9.17, 15) is 0 Å². The maximum atomic E-state index is 5.60. The Labute approximate surface area is 190 Å². The molecule has 2 unspecified atom stereocenters. The molecule has 0 spiro atoms. The molecule has 0 saturated carbocycles. The van der Waals surface area contributed by atoms with Gasteiger partial charge < -0.3 is 25.0 Å². The molecule has 3 fully saturated rings. The molecule has 4 rings (SSSR count). The van der Waals surface area contributed by atoms with E-state index < -0.39 is 0 Å². The van der Waals surface area contributed by atoms with Gasteiger partial charge in [-0.1, -0.05) is 12.1 Å². The van der Waals surface area contributed by atoms with Crippen LogP contribution < -0.4 is 20.3 Å². The van der Waals surface area contributed by atoms with E-state index in [0.29, 0.717) is 6.04 Å². The van der Waals surface area contributed by atoms with E-state index in [0.717, 1.165) is 70.6 Å². The van der Waals surface area contributed by atoms with Gasteiger partial charge in [0.15, 0.2) is 5.96 Å². The first-order valence-corrected chi connectivity index (χ1v) is 12.7. The first-order chi connectivity index (χ1) is 15.2. The van der Waals surface area contributed by atoms with Crippen LogP contribution in [-0.4, -0.2) is 93.5 Å². The van der Waals surface area contributed by atoms with Gasteiger partial charge in [-0.05, 0) is 37.7 Å². The second kappa shape index (κ2) is 10.8. The molecule has 0 aliphatic carbocycles. The van der Waals surface area contributed by atoms with Gasteiger partial charge in [-0.15, -0.1) is 0 Å². The Kier molecular flexibility index (Phi) is 7.85. The third kappa shape index (κ3) is 5.41. The van der Waals surface area contributed by atoms with E-state index in [4.69, 9.17) is 14.5 Å². The molecule has 3 heterocycles. The number of benzene rings is 1. The zero-order valence-electron chi connectivity index (χ0n) is 18.9. The number of nitrogens with zero attached hydrogens (tertiary/aromatic N) is 3. The van der Waals surface area contributed by atoms with Crippen LogP contribution in [0.3, 0.4) is 0 Å². The maximum Gasteiger partial charge on any atom is 0.191 e. The second-order valence-corrected chi connectivity index (χ2v) is 9.67. The highest BCUT2D eigenvalue weighted by molar-refractivity contribution is 7.99. The Balaban J connectivity index is 1.40. The molecule has 1 aromatic rings. The van der Waals surface area contributed by atoms with Gasteiger partial charge in [0, 0.05) is 44.5 Å². The minimum Gasteiger partial charge on any atom is -0.495 e. The van der Waals surface area contributed by atoms with Gasteiger partial charge in [-0.3, -0.25) is 9.89 Å². The standard InChI is InChI=1S/C23H37N5O2S/c1-3-24-22(25-17-23(9-15-31-18-23)28-11-13-30-14-12-28)26-19-8-10-27(16-19)20-6-4-5-7-21(20)29-2/h4-7,19H,3,8-18H2,1-2H3,(H2,24,25,26). The molecule has 31 heavy (non-hydrogen) atoms. The van der Waals surface area contributed by atoms with E-state index in [2.05, 4.69) is 51.3 Å². The van der Waals surface area contributed by atoms with Crippen LogP contribution in [0.2, 0.25) is 0 Å². The molecule has 3 aliphatic heterocycles. The number of nitrogens with one attached hydrogen (secondary N) is 2. The minimum absolute atomic E-state index is 0.177. The van der Waals surface area contributed by atoms with E-state index in [-0.39, 0.29) is 5.54 Å². The van der Waals surface area contributed by atoms with Crippen molar-refractivity contribution in [3.8, 4) is 5.75 Å². The number of thioether (sulfide) groups is 1. The summed E-state index contributed by atoms with van der Waals surface area (Å²) in [5, 5.41) is 7.18. The molecule has 1 aromatic carbocycles. The summed E-state index contributed by atoms with van der Waals surface area (Å²) in [6.07, 6.45) is 2.30. The van der Waals surface area contributed by atoms with Crippen molar-refractivity contribution in [3.05, 3.63) is 24.3 Å². The van der Waals surface area contributed by atoms with Crippen molar-refractivity contribution in [3.63, 3.8) is 0 Å². The molecular formula is C23H37N5O2S. The van der Waals surface area contributed by atoms with Gasteiger partial charge in [0.1, 0.15) is 5.75 Å². The Morgan fingerprint density at radius 2 is 2.13 bits per heavy atom. The van der Waals surface area contributed by atoms with Crippen molar-refractivity contribution < 1.29 is 9.47 Å². The van der Waals surface area contributed by atoms with Gasteiger partial charge in [-0.2, -0.15) is 11.8 Å². The topological polar surface area (TPSA) is 61.4 Å². The van der Waals surface area contributed by atoms with Crippen molar-refractivity contribution in [1.82, 2.24) is 15.5 Å². The molecule has 2 atom stereocenters. The quantitative estimate of drug-likeness (QED) is 0.490. The summed E-state index contributed by atoms with van der Waals surface area (Å²) in [4.78, 5) is 10.1. The first kappa shape index (κ1) is 22.6. The van der Waals surface area contributed by atoms with Crippen LogP contribution in [0.4, 0.5) is 5.69 Å². The number of rotatable bonds is 7. The maximum absolute atomic E-state index is 5.60. The molecule has 8 heteroatoms. The summed E-state index contributed by atoms with van der Waals surface area (Å²) in [7, 11) is 1.74. The number of anilines is 1. The number of methoxy groups -OCH3 is 1. The number of guanidine groups is 1. The summed E-state index contributed by atoms with van der Waals surface area (Å²) < 4.78 is 11.2. The SMILES string of the molecule is CCNC(=NCC1(N2CCOCC2)CCSC1)NC1CCN(c2ccccc2OC)C1. The second-order valence-electron chi connectivity index (χ2n) is 8.57. The van der Waals surface area contributed by atoms with Gasteiger partial charge in [0.05, 0.1) is 38.1 Å². The highest BCUT2D eigenvalue weighted by Gasteiger charge is 2.40. The van der Waals surface area contributed by atoms with Gasteiger partial charge >= 0.3 is 0 Å². The predicted molar refractivity (Wildman–Crippen MR) is 130 cm³/mol. The lowest BCUT2D eigenvalue weighted by molar-refractivity contribution is -0.0104. The predicted octanol–water partition coefficient (Wildman–Crippen LogP) is 2.04. The molecule has 0 amide bonds. The highest BCUT2D eigenvalue weighted by atomic mass is 32.2. The molecule has 3 aliphatic rings. The summed E-state index contributed by atoms with van der Waals surface area (Å²) in [5.41, 5.74) is 1.35. The van der Waals surface area contributed by atoms with Crippen LogP contribution in [0.1, 0.15) is 19.8 Å². The highest BCUT2D eigenvalue weighted by Crippen LogP contribution is 2.34. The lowest BCUT2D eigenvalue weighted by Crippen LogP contribution is -2.56. The molecule has 172 valence electrons. The molecular weight excluding hydrogens is 410 g/mol. The lowest BCUT2D eigenvalue weighted by atomic mass is 9.96. The summed E-state index contributed by atoms with van der Waals surface area (Å²) in [5.74, 6) is 4.28. The van der Waals surface area contributed by atoms with Crippen molar-refractivity contribution in [2.45, 2.75) is 31.3 Å². The Bertz CT molecular complexity index is 734. The van der Waals surface area contributed by atoms with E-state index >= 15 is 0 Å². The largest absolute Gasteiger partial charge is 0.495 e. The van der Waals surface area contributed by atoms with Gasteiger partial charge in [0.2, 0.25) is 0 Å². The molecule has 2 N–H and O–H groups in total.